The van der Waals surface area contributed by atoms with Crippen molar-refractivity contribution in [1.82, 2.24) is 20.1 Å². The number of nitrogens with one attached hydrogen (secondary N) is 1. The van der Waals surface area contributed by atoms with Crippen LogP contribution in [-0.4, -0.2) is 59.3 Å². The Morgan fingerprint density at radius 1 is 1.00 bits per heavy atom. The lowest BCUT2D eigenvalue weighted by molar-refractivity contribution is -0.131. The van der Waals surface area contributed by atoms with Crippen LogP contribution in [-0.2, 0) is 11.3 Å². The summed E-state index contributed by atoms with van der Waals surface area (Å²) in [5.74, 6) is -0.255. The summed E-state index contributed by atoms with van der Waals surface area (Å²) in [5.41, 5.74) is 1.74. The van der Waals surface area contributed by atoms with E-state index in [0.717, 1.165) is 19.6 Å². The van der Waals surface area contributed by atoms with Crippen molar-refractivity contribution < 1.29 is 9.59 Å². The quantitative estimate of drug-likeness (QED) is 0.888. The number of amides is 2. The standard InChI is InChI=1S/C19H22N4O2/c24-18(14-21-19(25)17-6-2-1-3-7-17)23-11-9-22(10-12-23)15-16-5-4-8-20-13-16/h1-8,13H,9-12,14-15H2,(H,21,25). The van der Waals surface area contributed by atoms with E-state index in [1.54, 1.807) is 30.5 Å². The molecule has 2 heterocycles. The van der Waals surface area contributed by atoms with E-state index in [9.17, 15) is 9.59 Å². The number of carbonyl (C=O) groups excluding carboxylic acids is 2. The van der Waals surface area contributed by atoms with Crippen LogP contribution in [0.4, 0.5) is 0 Å². The van der Waals surface area contributed by atoms with Gasteiger partial charge in [0.15, 0.2) is 0 Å². The fourth-order valence-corrected chi connectivity index (χ4v) is 2.86. The molecular weight excluding hydrogens is 316 g/mol. The van der Waals surface area contributed by atoms with E-state index in [-0.39, 0.29) is 18.4 Å². The number of carbonyl (C=O) groups is 2. The predicted molar refractivity (Wildman–Crippen MR) is 94.9 cm³/mol. The number of piperazine rings is 1. The first-order chi connectivity index (χ1) is 12.2. The highest BCUT2D eigenvalue weighted by Crippen LogP contribution is 2.07. The van der Waals surface area contributed by atoms with Gasteiger partial charge in [-0.3, -0.25) is 19.5 Å². The van der Waals surface area contributed by atoms with Gasteiger partial charge in [0.05, 0.1) is 6.54 Å². The zero-order valence-electron chi connectivity index (χ0n) is 14.1. The third-order valence-electron chi connectivity index (χ3n) is 4.29. The van der Waals surface area contributed by atoms with Gasteiger partial charge in [-0.1, -0.05) is 24.3 Å². The maximum absolute atomic E-state index is 12.3. The Labute approximate surface area is 147 Å². The maximum Gasteiger partial charge on any atom is 0.251 e. The molecule has 0 aliphatic carbocycles. The lowest BCUT2D eigenvalue weighted by atomic mass is 10.2. The first kappa shape index (κ1) is 17.1. The molecule has 3 rings (SSSR count). The molecule has 1 aromatic heterocycles. The van der Waals surface area contributed by atoms with Crippen LogP contribution in [0.15, 0.2) is 54.9 Å². The molecule has 0 radical (unpaired) electrons. The highest BCUT2D eigenvalue weighted by Gasteiger charge is 2.21. The van der Waals surface area contributed by atoms with Gasteiger partial charge in [0.25, 0.3) is 5.91 Å². The zero-order chi connectivity index (χ0) is 17.5. The van der Waals surface area contributed by atoms with Gasteiger partial charge in [0, 0.05) is 50.7 Å². The molecule has 130 valence electrons. The second-order valence-corrected chi connectivity index (χ2v) is 6.07. The average Bonchev–Trinajstić information content (AvgIpc) is 2.68. The molecule has 1 fully saturated rings. The molecule has 0 bridgehead atoms. The molecule has 1 saturated heterocycles. The molecule has 0 atom stereocenters. The van der Waals surface area contributed by atoms with Crippen molar-refractivity contribution in [3.63, 3.8) is 0 Å². The lowest BCUT2D eigenvalue weighted by Crippen LogP contribution is -2.50. The highest BCUT2D eigenvalue weighted by atomic mass is 16.2. The summed E-state index contributed by atoms with van der Waals surface area (Å²) < 4.78 is 0. The van der Waals surface area contributed by atoms with Crippen LogP contribution in [0.5, 0.6) is 0 Å². The van der Waals surface area contributed by atoms with Crippen molar-refractivity contribution in [2.24, 2.45) is 0 Å². The minimum Gasteiger partial charge on any atom is -0.343 e. The van der Waals surface area contributed by atoms with E-state index in [0.29, 0.717) is 18.7 Å². The number of aromatic nitrogens is 1. The van der Waals surface area contributed by atoms with E-state index in [2.05, 4.69) is 21.3 Å². The summed E-state index contributed by atoms with van der Waals surface area (Å²) in [5, 5.41) is 2.70. The SMILES string of the molecule is O=C(NCC(=O)N1CCN(Cc2cccnc2)CC1)c1ccccc1. The summed E-state index contributed by atoms with van der Waals surface area (Å²) in [4.78, 5) is 32.5. The Bertz CT molecular complexity index is 698. The van der Waals surface area contributed by atoms with Gasteiger partial charge < -0.3 is 10.2 Å². The third kappa shape index (κ3) is 4.87. The predicted octanol–water partition coefficient (Wildman–Crippen LogP) is 1.16. The molecule has 0 saturated carbocycles. The van der Waals surface area contributed by atoms with E-state index in [1.165, 1.54) is 5.56 Å². The third-order valence-corrected chi connectivity index (χ3v) is 4.29. The summed E-state index contributed by atoms with van der Waals surface area (Å²) in [6, 6.07) is 12.9. The van der Waals surface area contributed by atoms with Crippen molar-refractivity contribution in [1.29, 1.82) is 0 Å². The molecule has 1 aliphatic heterocycles. The van der Waals surface area contributed by atoms with Crippen molar-refractivity contribution in [3.8, 4) is 0 Å². The Morgan fingerprint density at radius 3 is 2.44 bits per heavy atom. The molecular formula is C19H22N4O2. The van der Waals surface area contributed by atoms with Crippen molar-refractivity contribution in [2.75, 3.05) is 32.7 Å². The van der Waals surface area contributed by atoms with Crippen LogP contribution in [0.1, 0.15) is 15.9 Å². The highest BCUT2D eigenvalue weighted by molar-refractivity contribution is 5.96. The van der Waals surface area contributed by atoms with Crippen LogP contribution in [0.25, 0.3) is 0 Å². The summed E-state index contributed by atoms with van der Waals surface area (Å²) in [7, 11) is 0. The molecule has 25 heavy (non-hydrogen) atoms. The molecule has 6 nitrogen and oxygen atoms in total. The summed E-state index contributed by atoms with van der Waals surface area (Å²) in [6.07, 6.45) is 3.64. The molecule has 1 aromatic carbocycles. The van der Waals surface area contributed by atoms with E-state index in [1.807, 2.05) is 23.2 Å². The molecule has 2 amide bonds. The molecule has 2 aromatic rings. The fraction of sp³-hybridized carbons (Fsp3) is 0.316. The van der Waals surface area contributed by atoms with Crippen LogP contribution in [0.3, 0.4) is 0 Å². The number of pyridine rings is 1. The number of hydrogen-bond acceptors (Lipinski definition) is 4. The molecule has 1 N–H and O–H groups in total. The zero-order valence-corrected chi connectivity index (χ0v) is 14.1. The number of rotatable bonds is 5. The van der Waals surface area contributed by atoms with Gasteiger partial charge in [0.1, 0.15) is 0 Å². The molecule has 0 spiro atoms. The largest absolute Gasteiger partial charge is 0.343 e. The maximum atomic E-state index is 12.3. The minimum absolute atomic E-state index is 0.0368. The Balaban J connectivity index is 1.42. The second kappa shape index (κ2) is 8.39. The van der Waals surface area contributed by atoms with Crippen LogP contribution < -0.4 is 5.32 Å². The molecule has 1 aliphatic rings. The number of nitrogens with zero attached hydrogens (tertiary/aromatic N) is 3. The van der Waals surface area contributed by atoms with Gasteiger partial charge in [-0.05, 0) is 23.8 Å². The van der Waals surface area contributed by atoms with E-state index < -0.39 is 0 Å². The van der Waals surface area contributed by atoms with Crippen LogP contribution in [0.2, 0.25) is 0 Å². The van der Waals surface area contributed by atoms with Crippen LogP contribution in [0, 0.1) is 0 Å². The Morgan fingerprint density at radius 2 is 1.76 bits per heavy atom. The van der Waals surface area contributed by atoms with Gasteiger partial charge >= 0.3 is 0 Å². The molecule has 0 unspecified atom stereocenters. The van der Waals surface area contributed by atoms with Gasteiger partial charge in [0.2, 0.25) is 5.91 Å². The van der Waals surface area contributed by atoms with Crippen molar-refractivity contribution in [3.05, 3.63) is 66.0 Å². The first-order valence-electron chi connectivity index (χ1n) is 8.44. The van der Waals surface area contributed by atoms with Crippen molar-refractivity contribution in [2.45, 2.75) is 6.54 Å². The molecule has 6 heteroatoms. The lowest BCUT2D eigenvalue weighted by Gasteiger charge is -2.34. The fourth-order valence-electron chi connectivity index (χ4n) is 2.86. The Kier molecular flexibility index (Phi) is 5.74. The number of hydrogen-bond donors (Lipinski definition) is 1. The topological polar surface area (TPSA) is 65.5 Å². The number of benzene rings is 1. The van der Waals surface area contributed by atoms with Crippen molar-refractivity contribution >= 4 is 11.8 Å². The average molecular weight is 338 g/mol. The first-order valence-corrected chi connectivity index (χ1v) is 8.44. The van der Waals surface area contributed by atoms with Gasteiger partial charge in [-0.2, -0.15) is 0 Å². The van der Waals surface area contributed by atoms with Gasteiger partial charge in [-0.25, -0.2) is 0 Å². The monoisotopic (exact) mass is 338 g/mol. The van der Waals surface area contributed by atoms with Crippen LogP contribution >= 0.6 is 0 Å². The normalized spacial score (nSPS) is 15.0. The van der Waals surface area contributed by atoms with E-state index >= 15 is 0 Å². The van der Waals surface area contributed by atoms with Gasteiger partial charge in [-0.15, -0.1) is 0 Å². The Hall–Kier alpha value is -2.73. The van der Waals surface area contributed by atoms with E-state index in [4.69, 9.17) is 0 Å². The minimum atomic E-state index is -0.218. The second-order valence-electron chi connectivity index (χ2n) is 6.07. The summed E-state index contributed by atoms with van der Waals surface area (Å²) in [6.45, 7) is 3.90. The summed E-state index contributed by atoms with van der Waals surface area (Å²) >= 11 is 0. The smallest absolute Gasteiger partial charge is 0.251 e.